The maximum Gasteiger partial charge on any atom is 0.407 e. The first-order valence-corrected chi connectivity index (χ1v) is 9.89. The van der Waals surface area contributed by atoms with E-state index in [0.29, 0.717) is 6.04 Å². The standard InChI is InChI=1S/C20H26BrN3O2/c1-20(2,3)26-19(25)24-15-9-7-14(8-10-15)23-17-6-4-5-13-11-22-12-16(21)18(13)17/h4-6,11-12,14-15,23H,7-10H2,1-3H3,(H,24,25). The fourth-order valence-electron chi connectivity index (χ4n) is 3.39. The lowest BCUT2D eigenvalue weighted by Gasteiger charge is -2.31. The van der Waals surface area contributed by atoms with Gasteiger partial charge in [0.1, 0.15) is 5.60 Å². The van der Waals surface area contributed by atoms with Gasteiger partial charge in [0.2, 0.25) is 0 Å². The number of nitrogens with zero attached hydrogens (tertiary/aromatic N) is 1. The third-order valence-corrected chi connectivity index (χ3v) is 5.15. The average molecular weight is 420 g/mol. The van der Waals surface area contributed by atoms with Crippen molar-refractivity contribution in [3.63, 3.8) is 0 Å². The highest BCUT2D eigenvalue weighted by Gasteiger charge is 2.25. The first-order chi connectivity index (χ1) is 12.3. The Morgan fingerprint density at radius 3 is 2.54 bits per heavy atom. The quantitative estimate of drug-likeness (QED) is 0.713. The monoisotopic (exact) mass is 419 g/mol. The minimum atomic E-state index is -0.459. The van der Waals surface area contributed by atoms with Gasteiger partial charge in [-0.25, -0.2) is 4.79 Å². The molecule has 140 valence electrons. The Bertz CT molecular complexity index is 775. The fourth-order valence-corrected chi connectivity index (χ4v) is 3.95. The molecule has 0 bridgehead atoms. The Morgan fingerprint density at radius 2 is 1.85 bits per heavy atom. The van der Waals surface area contributed by atoms with Crippen LogP contribution in [0.1, 0.15) is 46.5 Å². The molecule has 0 aliphatic heterocycles. The molecule has 1 aliphatic carbocycles. The van der Waals surface area contributed by atoms with Crippen LogP contribution in [-0.2, 0) is 4.74 Å². The first kappa shape index (κ1) is 19.0. The minimum absolute atomic E-state index is 0.186. The van der Waals surface area contributed by atoms with Gasteiger partial charge in [0.25, 0.3) is 0 Å². The van der Waals surface area contributed by atoms with Gasteiger partial charge in [-0.3, -0.25) is 4.98 Å². The number of anilines is 1. The van der Waals surface area contributed by atoms with Crippen molar-refractivity contribution in [2.75, 3.05) is 5.32 Å². The predicted octanol–water partition coefficient (Wildman–Crippen LogP) is 5.25. The van der Waals surface area contributed by atoms with E-state index in [1.54, 1.807) is 0 Å². The Morgan fingerprint density at radius 1 is 1.15 bits per heavy atom. The minimum Gasteiger partial charge on any atom is -0.444 e. The van der Waals surface area contributed by atoms with Crippen molar-refractivity contribution < 1.29 is 9.53 Å². The van der Waals surface area contributed by atoms with Crippen LogP contribution in [0, 0.1) is 0 Å². The van der Waals surface area contributed by atoms with E-state index in [9.17, 15) is 4.79 Å². The van der Waals surface area contributed by atoms with Gasteiger partial charge in [0, 0.05) is 45.4 Å². The van der Waals surface area contributed by atoms with Crippen LogP contribution >= 0.6 is 15.9 Å². The fraction of sp³-hybridized carbons (Fsp3) is 0.500. The number of halogens is 1. The van der Waals surface area contributed by atoms with Crippen molar-refractivity contribution in [2.45, 2.75) is 64.1 Å². The van der Waals surface area contributed by atoms with E-state index in [-0.39, 0.29) is 12.1 Å². The number of amides is 1. The summed E-state index contributed by atoms with van der Waals surface area (Å²) in [6.45, 7) is 5.64. The van der Waals surface area contributed by atoms with Gasteiger partial charge < -0.3 is 15.4 Å². The highest BCUT2D eigenvalue weighted by atomic mass is 79.9. The van der Waals surface area contributed by atoms with Crippen LogP contribution in [0.4, 0.5) is 10.5 Å². The highest BCUT2D eigenvalue weighted by Crippen LogP contribution is 2.32. The lowest BCUT2D eigenvalue weighted by Crippen LogP contribution is -2.42. The smallest absolute Gasteiger partial charge is 0.407 e. The summed E-state index contributed by atoms with van der Waals surface area (Å²) in [5.41, 5.74) is 0.666. The van der Waals surface area contributed by atoms with Gasteiger partial charge in [-0.2, -0.15) is 0 Å². The molecule has 2 N–H and O–H groups in total. The zero-order valence-electron chi connectivity index (χ0n) is 15.5. The Kier molecular flexibility index (Phi) is 5.70. The predicted molar refractivity (Wildman–Crippen MR) is 108 cm³/mol. The molecule has 1 fully saturated rings. The lowest BCUT2D eigenvalue weighted by atomic mass is 9.91. The molecule has 1 saturated carbocycles. The van der Waals surface area contributed by atoms with Gasteiger partial charge >= 0.3 is 6.09 Å². The summed E-state index contributed by atoms with van der Waals surface area (Å²) in [5.74, 6) is 0. The second kappa shape index (κ2) is 7.82. The molecular weight excluding hydrogens is 394 g/mol. The van der Waals surface area contributed by atoms with E-state index in [4.69, 9.17) is 4.74 Å². The summed E-state index contributed by atoms with van der Waals surface area (Å²) in [6, 6.07) is 6.82. The number of hydrogen-bond donors (Lipinski definition) is 2. The molecule has 0 spiro atoms. The molecule has 0 atom stereocenters. The van der Waals surface area contributed by atoms with E-state index in [2.05, 4.69) is 49.7 Å². The summed E-state index contributed by atoms with van der Waals surface area (Å²) in [6.07, 6.45) is 7.31. The number of pyridine rings is 1. The molecule has 2 aromatic rings. The molecule has 1 aromatic carbocycles. The van der Waals surface area contributed by atoms with Crippen molar-refractivity contribution in [1.29, 1.82) is 0 Å². The van der Waals surface area contributed by atoms with Gasteiger partial charge in [0.05, 0.1) is 0 Å². The zero-order chi connectivity index (χ0) is 18.7. The third kappa shape index (κ3) is 4.87. The van der Waals surface area contributed by atoms with Crippen LogP contribution in [0.25, 0.3) is 10.8 Å². The van der Waals surface area contributed by atoms with Gasteiger partial charge in [-0.15, -0.1) is 0 Å². The topological polar surface area (TPSA) is 63.2 Å². The Labute approximate surface area is 163 Å². The number of ether oxygens (including phenoxy) is 1. The summed E-state index contributed by atoms with van der Waals surface area (Å²) >= 11 is 3.61. The van der Waals surface area contributed by atoms with Crippen molar-refractivity contribution in [3.8, 4) is 0 Å². The number of benzene rings is 1. The van der Waals surface area contributed by atoms with Crippen LogP contribution in [-0.4, -0.2) is 28.8 Å². The number of aromatic nitrogens is 1. The van der Waals surface area contributed by atoms with E-state index in [0.717, 1.165) is 46.6 Å². The van der Waals surface area contributed by atoms with Crippen molar-refractivity contribution in [1.82, 2.24) is 10.3 Å². The Hall–Kier alpha value is -1.82. The third-order valence-electron chi connectivity index (χ3n) is 4.54. The summed E-state index contributed by atoms with van der Waals surface area (Å²) < 4.78 is 6.35. The van der Waals surface area contributed by atoms with Crippen LogP contribution in [0.2, 0.25) is 0 Å². The van der Waals surface area contributed by atoms with E-state index in [1.165, 1.54) is 0 Å². The van der Waals surface area contributed by atoms with Gasteiger partial charge in [-0.1, -0.05) is 12.1 Å². The molecule has 0 radical (unpaired) electrons. The van der Waals surface area contributed by atoms with E-state index < -0.39 is 5.60 Å². The van der Waals surface area contributed by atoms with Crippen LogP contribution in [0.5, 0.6) is 0 Å². The number of alkyl carbamates (subject to hydrolysis) is 1. The number of fused-ring (bicyclic) bond motifs is 1. The molecule has 1 aliphatic rings. The number of hydrogen-bond acceptors (Lipinski definition) is 4. The summed E-state index contributed by atoms with van der Waals surface area (Å²) in [7, 11) is 0. The molecule has 3 rings (SSSR count). The maximum absolute atomic E-state index is 11.9. The second-order valence-corrected chi connectivity index (χ2v) is 8.72. The van der Waals surface area contributed by atoms with E-state index in [1.807, 2.05) is 33.2 Å². The van der Waals surface area contributed by atoms with Crippen LogP contribution < -0.4 is 10.6 Å². The summed E-state index contributed by atoms with van der Waals surface area (Å²) in [5, 5.41) is 8.95. The normalized spacial score (nSPS) is 20.6. The largest absolute Gasteiger partial charge is 0.444 e. The SMILES string of the molecule is CC(C)(C)OC(=O)NC1CCC(Nc2cccc3cncc(Br)c23)CC1. The van der Waals surface area contributed by atoms with Gasteiger partial charge in [0.15, 0.2) is 0 Å². The second-order valence-electron chi connectivity index (χ2n) is 7.86. The maximum atomic E-state index is 11.9. The van der Waals surface area contributed by atoms with Crippen LogP contribution in [0.3, 0.4) is 0 Å². The number of nitrogens with one attached hydrogen (secondary N) is 2. The zero-order valence-corrected chi connectivity index (χ0v) is 17.1. The average Bonchev–Trinajstić information content (AvgIpc) is 2.55. The molecule has 6 heteroatoms. The number of carbonyl (C=O) groups is 1. The molecular formula is C20H26BrN3O2. The summed E-state index contributed by atoms with van der Waals surface area (Å²) in [4.78, 5) is 16.2. The van der Waals surface area contributed by atoms with Crippen molar-refractivity contribution in [3.05, 3.63) is 35.1 Å². The lowest BCUT2D eigenvalue weighted by molar-refractivity contribution is 0.0492. The molecule has 0 unspecified atom stereocenters. The molecule has 26 heavy (non-hydrogen) atoms. The van der Waals surface area contributed by atoms with Crippen molar-refractivity contribution >= 4 is 38.5 Å². The molecule has 1 amide bonds. The molecule has 1 aromatic heterocycles. The number of carbonyl (C=O) groups excluding carboxylic acids is 1. The molecule has 5 nitrogen and oxygen atoms in total. The number of rotatable bonds is 3. The highest BCUT2D eigenvalue weighted by molar-refractivity contribution is 9.10. The van der Waals surface area contributed by atoms with Crippen LogP contribution in [0.15, 0.2) is 35.1 Å². The first-order valence-electron chi connectivity index (χ1n) is 9.10. The van der Waals surface area contributed by atoms with Gasteiger partial charge in [-0.05, 0) is 68.5 Å². The van der Waals surface area contributed by atoms with E-state index >= 15 is 0 Å². The molecule has 1 heterocycles. The molecule has 0 saturated heterocycles. The van der Waals surface area contributed by atoms with Crippen molar-refractivity contribution in [2.24, 2.45) is 0 Å². The Balaban J connectivity index is 1.57.